The maximum atomic E-state index is 10.4. The van der Waals surface area contributed by atoms with Crippen LogP contribution < -0.4 is 5.73 Å². The minimum Gasteiger partial charge on any atom is -0.480 e. The van der Waals surface area contributed by atoms with Gasteiger partial charge in [0.1, 0.15) is 6.04 Å². The molecule has 1 fully saturated rings. The van der Waals surface area contributed by atoms with Crippen LogP contribution in [-0.2, 0) is 9.53 Å². The maximum Gasteiger partial charge on any atom is 0.321 e. The van der Waals surface area contributed by atoms with E-state index in [1.807, 2.05) is 0 Å². The summed E-state index contributed by atoms with van der Waals surface area (Å²) in [5, 5.41) is 8.55. The Morgan fingerprint density at radius 2 is 2.43 bits per heavy atom. The van der Waals surface area contributed by atoms with Crippen LogP contribution in [0.2, 0.25) is 0 Å². The van der Waals surface area contributed by atoms with Crippen LogP contribution in [-0.4, -0.2) is 41.3 Å². The van der Waals surface area contributed by atoms with Crippen molar-refractivity contribution in [2.75, 3.05) is 18.1 Å². The zero-order valence-electron chi connectivity index (χ0n) is 8.15. The van der Waals surface area contributed by atoms with E-state index < -0.39 is 12.0 Å². The molecule has 1 unspecified atom stereocenters. The first-order valence-corrected chi connectivity index (χ1v) is 6.03. The van der Waals surface area contributed by atoms with Crippen LogP contribution in [0.25, 0.3) is 0 Å². The normalized spacial score (nSPS) is 24.5. The first-order chi connectivity index (χ1) is 6.70. The molecule has 5 heteroatoms. The smallest absolute Gasteiger partial charge is 0.321 e. The predicted molar refractivity (Wildman–Crippen MR) is 56.5 cm³/mol. The molecular formula is C9H17NO3S. The minimum absolute atomic E-state index is 0.301. The van der Waals surface area contributed by atoms with Gasteiger partial charge in [-0.05, 0) is 19.3 Å². The Labute approximate surface area is 88.2 Å². The molecule has 4 nitrogen and oxygen atoms in total. The summed E-state index contributed by atoms with van der Waals surface area (Å²) >= 11 is 1.57. The third-order valence-electron chi connectivity index (χ3n) is 2.19. The second-order valence-electron chi connectivity index (χ2n) is 3.47. The lowest BCUT2D eigenvalue weighted by atomic mass is 10.1. The van der Waals surface area contributed by atoms with Crippen LogP contribution in [0, 0.1) is 0 Å². The quantitative estimate of drug-likeness (QED) is 0.712. The van der Waals surface area contributed by atoms with Gasteiger partial charge in [0, 0.05) is 18.1 Å². The van der Waals surface area contributed by atoms with Gasteiger partial charge in [0.2, 0.25) is 0 Å². The summed E-state index contributed by atoms with van der Waals surface area (Å²) < 4.78 is 5.51. The van der Waals surface area contributed by atoms with E-state index in [4.69, 9.17) is 15.6 Å². The number of carboxylic acids is 1. The molecule has 82 valence electrons. The number of nitrogens with two attached hydrogens (primary N) is 1. The topological polar surface area (TPSA) is 72.5 Å². The summed E-state index contributed by atoms with van der Waals surface area (Å²) in [4.78, 5) is 10.4. The van der Waals surface area contributed by atoms with Gasteiger partial charge in [-0.1, -0.05) is 0 Å². The standard InChI is InChI=1S/C9H17NO3S/c10-8(9(11)12)6-14-5-7-3-1-2-4-13-7/h7-8H,1-6,10H2,(H,11,12)/t7?,8-/m1/s1. The predicted octanol–water partition coefficient (Wildman–Crippen LogP) is 0.701. The monoisotopic (exact) mass is 219 g/mol. The van der Waals surface area contributed by atoms with E-state index in [1.165, 1.54) is 6.42 Å². The maximum absolute atomic E-state index is 10.4. The highest BCUT2D eigenvalue weighted by Gasteiger charge is 2.16. The SMILES string of the molecule is N[C@H](CSCC1CCCCO1)C(=O)O. The number of ether oxygens (including phenoxy) is 1. The van der Waals surface area contributed by atoms with Gasteiger partial charge in [-0.2, -0.15) is 11.8 Å². The van der Waals surface area contributed by atoms with E-state index in [-0.39, 0.29) is 0 Å². The molecule has 1 aliphatic heterocycles. The Bertz CT molecular complexity index is 183. The molecule has 0 radical (unpaired) electrons. The van der Waals surface area contributed by atoms with Crippen molar-refractivity contribution >= 4 is 17.7 Å². The van der Waals surface area contributed by atoms with Crippen LogP contribution in [0.1, 0.15) is 19.3 Å². The Kier molecular flexibility index (Phi) is 5.29. The van der Waals surface area contributed by atoms with E-state index in [2.05, 4.69) is 0 Å². The van der Waals surface area contributed by atoms with Crippen LogP contribution >= 0.6 is 11.8 Å². The molecule has 0 spiro atoms. The third kappa shape index (κ3) is 4.30. The molecule has 0 bridgehead atoms. The van der Waals surface area contributed by atoms with Crippen molar-refractivity contribution in [2.24, 2.45) is 5.73 Å². The Morgan fingerprint density at radius 3 is 3.00 bits per heavy atom. The van der Waals surface area contributed by atoms with Crippen LogP contribution in [0.4, 0.5) is 0 Å². The van der Waals surface area contributed by atoms with Gasteiger partial charge in [-0.15, -0.1) is 0 Å². The van der Waals surface area contributed by atoms with Crippen molar-refractivity contribution in [3.05, 3.63) is 0 Å². The molecule has 3 N–H and O–H groups in total. The molecule has 2 atom stereocenters. The molecule has 0 aromatic heterocycles. The third-order valence-corrected chi connectivity index (χ3v) is 3.39. The molecule has 0 aromatic carbocycles. The first-order valence-electron chi connectivity index (χ1n) is 4.88. The number of carbonyl (C=O) groups is 1. The fraction of sp³-hybridized carbons (Fsp3) is 0.889. The summed E-state index contributed by atoms with van der Waals surface area (Å²) in [6.07, 6.45) is 3.76. The zero-order valence-corrected chi connectivity index (χ0v) is 8.96. The molecule has 1 rings (SSSR count). The van der Waals surface area contributed by atoms with Gasteiger partial charge in [0.25, 0.3) is 0 Å². The summed E-state index contributed by atoms with van der Waals surface area (Å²) in [7, 11) is 0. The lowest BCUT2D eigenvalue weighted by Crippen LogP contribution is -2.33. The first kappa shape index (κ1) is 11.8. The zero-order chi connectivity index (χ0) is 10.4. The minimum atomic E-state index is -0.929. The molecule has 0 aliphatic carbocycles. The lowest BCUT2D eigenvalue weighted by Gasteiger charge is -2.22. The number of carboxylic acid groups (broad SMARTS) is 1. The van der Waals surface area contributed by atoms with E-state index in [0.29, 0.717) is 11.9 Å². The largest absolute Gasteiger partial charge is 0.480 e. The highest BCUT2D eigenvalue weighted by Crippen LogP contribution is 2.17. The van der Waals surface area contributed by atoms with E-state index in [0.717, 1.165) is 25.2 Å². The highest BCUT2D eigenvalue weighted by atomic mass is 32.2. The van der Waals surface area contributed by atoms with Crippen molar-refractivity contribution in [3.8, 4) is 0 Å². The van der Waals surface area contributed by atoms with Gasteiger partial charge >= 0.3 is 5.97 Å². The van der Waals surface area contributed by atoms with E-state index in [9.17, 15) is 4.79 Å². The van der Waals surface area contributed by atoms with Crippen LogP contribution in [0.15, 0.2) is 0 Å². The van der Waals surface area contributed by atoms with Crippen LogP contribution in [0.3, 0.4) is 0 Å². The number of thioether (sulfide) groups is 1. The van der Waals surface area contributed by atoms with Crippen LogP contribution in [0.5, 0.6) is 0 Å². The van der Waals surface area contributed by atoms with Gasteiger partial charge in [-0.3, -0.25) is 4.79 Å². The number of hydrogen-bond acceptors (Lipinski definition) is 4. The summed E-state index contributed by atoms with van der Waals surface area (Å²) in [6, 6.07) is -0.747. The van der Waals surface area contributed by atoms with Crippen molar-refractivity contribution in [2.45, 2.75) is 31.4 Å². The number of aliphatic carboxylic acids is 1. The van der Waals surface area contributed by atoms with E-state index >= 15 is 0 Å². The van der Waals surface area contributed by atoms with Gasteiger partial charge in [0.15, 0.2) is 0 Å². The molecule has 1 saturated heterocycles. The second kappa shape index (κ2) is 6.27. The molecule has 0 aromatic rings. The Hall–Kier alpha value is -0.260. The van der Waals surface area contributed by atoms with Gasteiger partial charge < -0.3 is 15.6 Å². The molecule has 1 aliphatic rings. The Morgan fingerprint density at radius 1 is 1.64 bits per heavy atom. The fourth-order valence-corrected chi connectivity index (χ4v) is 2.39. The van der Waals surface area contributed by atoms with Crippen molar-refractivity contribution < 1.29 is 14.6 Å². The number of rotatable bonds is 5. The molecule has 0 amide bonds. The molecule has 1 heterocycles. The lowest BCUT2D eigenvalue weighted by molar-refractivity contribution is -0.137. The molecular weight excluding hydrogens is 202 g/mol. The number of hydrogen-bond donors (Lipinski definition) is 2. The average molecular weight is 219 g/mol. The summed E-state index contributed by atoms with van der Waals surface area (Å²) in [5.74, 6) is 0.401. The Balaban J connectivity index is 2.05. The average Bonchev–Trinajstić information content (AvgIpc) is 2.19. The van der Waals surface area contributed by atoms with Gasteiger partial charge in [-0.25, -0.2) is 0 Å². The van der Waals surface area contributed by atoms with Gasteiger partial charge in [0.05, 0.1) is 6.10 Å². The second-order valence-corrected chi connectivity index (χ2v) is 4.55. The van der Waals surface area contributed by atoms with Crippen molar-refractivity contribution in [3.63, 3.8) is 0 Å². The molecule has 0 saturated carbocycles. The fourth-order valence-electron chi connectivity index (χ4n) is 1.34. The van der Waals surface area contributed by atoms with Crippen molar-refractivity contribution in [1.82, 2.24) is 0 Å². The molecule has 14 heavy (non-hydrogen) atoms. The van der Waals surface area contributed by atoms with Crippen molar-refractivity contribution in [1.29, 1.82) is 0 Å². The van der Waals surface area contributed by atoms with E-state index in [1.54, 1.807) is 11.8 Å². The summed E-state index contributed by atoms with van der Waals surface area (Å²) in [6.45, 7) is 0.843. The summed E-state index contributed by atoms with van der Waals surface area (Å²) in [5.41, 5.74) is 5.37. The highest BCUT2D eigenvalue weighted by molar-refractivity contribution is 7.99.